The summed E-state index contributed by atoms with van der Waals surface area (Å²) in [6.07, 6.45) is 33.3. The van der Waals surface area contributed by atoms with Gasteiger partial charge in [-0.15, -0.1) is 0 Å². The molecule has 2 aliphatic rings. The third kappa shape index (κ3) is 13.0. The molecule has 0 radical (unpaired) electrons. The predicted octanol–water partition coefficient (Wildman–Crippen LogP) is 12.5. The van der Waals surface area contributed by atoms with E-state index in [4.69, 9.17) is 4.74 Å². The van der Waals surface area contributed by atoms with E-state index >= 15 is 0 Å². The van der Waals surface area contributed by atoms with Gasteiger partial charge in [-0.3, -0.25) is 4.79 Å². The molecule has 0 N–H and O–H groups in total. The van der Waals surface area contributed by atoms with E-state index in [0.717, 1.165) is 19.3 Å². The molecule has 2 nitrogen and oxygen atoms in total. The Bertz CT molecular complexity index is 1260. The molecule has 2 heteroatoms. The number of carbonyl (C=O) groups is 1. The van der Waals surface area contributed by atoms with Crippen LogP contribution >= 0.6 is 0 Å². The number of hydrogen-bond acceptors (Lipinski definition) is 2. The van der Waals surface area contributed by atoms with Gasteiger partial charge in [-0.1, -0.05) is 135 Å². The lowest BCUT2D eigenvalue weighted by molar-refractivity contribution is -0.147. The minimum Gasteiger partial charge on any atom is -0.462 e. The largest absolute Gasteiger partial charge is 0.462 e. The van der Waals surface area contributed by atoms with Crippen molar-refractivity contribution in [3.63, 3.8) is 0 Å². The Morgan fingerprint density at radius 2 is 1.48 bits per heavy atom. The molecule has 0 bridgehead atoms. The molecule has 44 heavy (non-hydrogen) atoms. The number of carbonyl (C=O) groups excluding carboxylic acids is 1. The zero-order valence-corrected chi connectivity index (χ0v) is 30.0. The summed E-state index contributed by atoms with van der Waals surface area (Å²) in [5, 5.41) is 0. The van der Waals surface area contributed by atoms with Crippen LogP contribution in [0, 0.1) is 16.7 Å². The Kier molecular flexibility index (Phi) is 14.9. The van der Waals surface area contributed by atoms with Crippen molar-refractivity contribution in [3.05, 3.63) is 106 Å². The van der Waals surface area contributed by atoms with Crippen LogP contribution in [0.2, 0.25) is 0 Å². The van der Waals surface area contributed by atoms with Gasteiger partial charge in [0, 0.05) is 13.3 Å². The van der Waals surface area contributed by atoms with Gasteiger partial charge in [0.05, 0.1) is 0 Å². The Morgan fingerprint density at radius 1 is 0.864 bits per heavy atom. The Morgan fingerprint density at radius 3 is 2.09 bits per heavy atom. The van der Waals surface area contributed by atoms with Gasteiger partial charge in [0.2, 0.25) is 0 Å². The van der Waals surface area contributed by atoms with Gasteiger partial charge in [0.25, 0.3) is 0 Å². The van der Waals surface area contributed by atoms with E-state index in [0.29, 0.717) is 11.3 Å². The smallest absolute Gasteiger partial charge is 0.302 e. The van der Waals surface area contributed by atoms with E-state index in [1.807, 2.05) is 0 Å². The minimum atomic E-state index is -0.194. The van der Waals surface area contributed by atoms with Gasteiger partial charge in [0.15, 0.2) is 0 Å². The third-order valence-electron chi connectivity index (χ3n) is 9.35. The summed E-state index contributed by atoms with van der Waals surface area (Å²) >= 11 is 0. The highest BCUT2D eigenvalue weighted by Crippen LogP contribution is 2.43. The number of hydrogen-bond donors (Lipinski definition) is 0. The van der Waals surface area contributed by atoms with Crippen molar-refractivity contribution in [1.29, 1.82) is 0 Å². The maximum Gasteiger partial charge on any atom is 0.302 e. The molecule has 0 heterocycles. The Balaban J connectivity index is 1.83. The van der Waals surface area contributed by atoms with Crippen molar-refractivity contribution in [3.8, 4) is 0 Å². The highest BCUT2D eigenvalue weighted by atomic mass is 16.5. The summed E-state index contributed by atoms with van der Waals surface area (Å²) < 4.78 is 5.51. The summed E-state index contributed by atoms with van der Waals surface area (Å²) in [6, 6.07) is 0. The predicted molar refractivity (Wildman–Crippen MR) is 192 cm³/mol. The third-order valence-corrected chi connectivity index (χ3v) is 9.35. The number of allylic oxidation sites excluding steroid dienone is 17. The molecule has 0 aliphatic heterocycles. The quantitative estimate of drug-likeness (QED) is 0.120. The Hall–Kier alpha value is -2.87. The van der Waals surface area contributed by atoms with E-state index < -0.39 is 0 Å². The second-order valence-electron chi connectivity index (χ2n) is 14.8. The van der Waals surface area contributed by atoms with E-state index in [1.165, 1.54) is 66.9 Å². The molecular formula is C42H62O2. The maximum atomic E-state index is 11.4. The first kappa shape index (κ1) is 37.3. The molecule has 1 unspecified atom stereocenters. The van der Waals surface area contributed by atoms with Crippen LogP contribution in [0.15, 0.2) is 106 Å². The van der Waals surface area contributed by atoms with Gasteiger partial charge in [-0.05, 0) is 102 Å². The monoisotopic (exact) mass is 598 g/mol. The summed E-state index contributed by atoms with van der Waals surface area (Å²) in [7, 11) is 0. The summed E-state index contributed by atoms with van der Waals surface area (Å²) in [5.41, 5.74) is 10.1. The van der Waals surface area contributed by atoms with Crippen LogP contribution in [0.5, 0.6) is 0 Å². The van der Waals surface area contributed by atoms with Crippen LogP contribution in [0.4, 0.5) is 0 Å². The molecule has 2 aliphatic carbocycles. The van der Waals surface area contributed by atoms with E-state index in [-0.39, 0.29) is 17.5 Å². The normalized spacial score (nSPS) is 22.7. The molecule has 0 aromatic heterocycles. The van der Waals surface area contributed by atoms with Crippen molar-refractivity contribution in [2.45, 2.75) is 134 Å². The van der Waals surface area contributed by atoms with Gasteiger partial charge in [-0.2, -0.15) is 0 Å². The van der Waals surface area contributed by atoms with Crippen molar-refractivity contribution in [1.82, 2.24) is 0 Å². The molecule has 0 spiro atoms. The highest BCUT2D eigenvalue weighted by molar-refractivity contribution is 5.66. The minimum absolute atomic E-state index is 0.0228. The van der Waals surface area contributed by atoms with Gasteiger partial charge >= 0.3 is 5.97 Å². The van der Waals surface area contributed by atoms with Crippen LogP contribution in [0.3, 0.4) is 0 Å². The summed E-state index contributed by atoms with van der Waals surface area (Å²) in [5.74, 6) is 0.514. The molecule has 0 amide bonds. The van der Waals surface area contributed by atoms with Crippen molar-refractivity contribution in [2.24, 2.45) is 16.7 Å². The maximum absolute atomic E-state index is 11.4. The fourth-order valence-electron chi connectivity index (χ4n) is 6.84. The number of ether oxygens (including phenoxy) is 1. The molecule has 242 valence electrons. The molecule has 0 aromatic rings. The first-order valence-corrected chi connectivity index (χ1v) is 16.9. The molecule has 0 aromatic carbocycles. The standard InChI is InChI=1S/C42H62O2/c1-31(19-14-21-33(3)24-26-39-35(5)23-16-28-41(39,8)9)17-12-13-18-32(2)20-15-22-34(4)25-27-40-36(6)29-38(44-37(7)43)30-42(40,10)11/h12-15,17-20,22,25,27,33,38H,16,21,23-24,26,28-30H2,1-11H3/b13-12+,19-14+,20-15+,27-25+,31-17+,32-18+,34-22+/t33?,38-/m1/s1. The number of rotatable bonds is 13. The molecule has 0 fully saturated rings. The van der Waals surface area contributed by atoms with Gasteiger partial charge < -0.3 is 4.74 Å². The van der Waals surface area contributed by atoms with Crippen LogP contribution < -0.4 is 0 Å². The van der Waals surface area contributed by atoms with Crippen molar-refractivity contribution in [2.75, 3.05) is 0 Å². The lowest BCUT2D eigenvalue weighted by Crippen LogP contribution is -2.31. The average molecular weight is 599 g/mol. The second kappa shape index (κ2) is 17.6. The van der Waals surface area contributed by atoms with E-state index in [2.05, 4.69) is 136 Å². The molecule has 2 atom stereocenters. The Labute approximate surface area is 271 Å². The lowest BCUT2D eigenvalue weighted by Gasteiger charge is -2.37. The van der Waals surface area contributed by atoms with Crippen LogP contribution in [-0.2, 0) is 9.53 Å². The van der Waals surface area contributed by atoms with E-state index in [9.17, 15) is 4.79 Å². The van der Waals surface area contributed by atoms with Crippen LogP contribution in [0.1, 0.15) is 128 Å². The molecule has 2 rings (SSSR count). The first-order valence-electron chi connectivity index (χ1n) is 16.9. The lowest BCUT2D eigenvalue weighted by atomic mass is 9.70. The number of esters is 1. The van der Waals surface area contributed by atoms with Gasteiger partial charge in [-0.25, -0.2) is 0 Å². The van der Waals surface area contributed by atoms with Gasteiger partial charge in [0.1, 0.15) is 6.10 Å². The second-order valence-corrected chi connectivity index (χ2v) is 14.8. The fourth-order valence-corrected chi connectivity index (χ4v) is 6.84. The zero-order chi connectivity index (χ0) is 32.9. The van der Waals surface area contributed by atoms with Crippen LogP contribution in [0.25, 0.3) is 0 Å². The van der Waals surface area contributed by atoms with Crippen molar-refractivity contribution < 1.29 is 9.53 Å². The molecule has 0 saturated heterocycles. The van der Waals surface area contributed by atoms with Crippen LogP contribution in [-0.4, -0.2) is 12.1 Å². The summed E-state index contributed by atoms with van der Waals surface area (Å²) in [6.45, 7) is 24.2. The average Bonchev–Trinajstić information content (AvgIpc) is 2.89. The fraction of sp³-hybridized carbons (Fsp3) is 0.548. The topological polar surface area (TPSA) is 26.3 Å². The zero-order valence-electron chi connectivity index (χ0n) is 30.0. The van der Waals surface area contributed by atoms with Crippen molar-refractivity contribution >= 4 is 5.97 Å². The SMILES string of the molecule is CC(=O)O[C@@H]1CC(C)=C(/C=C/C(C)=C/C=C/C(C)=C/C=C/C=C(C)/C=C/CC(C)CCC2=C(C)CCCC2(C)C)C(C)(C)C1. The van der Waals surface area contributed by atoms with E-state index in [1.54, 1.807) is 11.1 Å². The molecular weight excluding hydrogens is 536 g/mol. The molecule has 0 saturated carbocycles. The summed E-state index contributed by atoms with van der Waals surface area (Å²) in [4.78, 5) is 11.4. The highest BCUT2D eigenvalue weighted by Gasteiger charge is 2.34. The first-order chi connectivity index (χ1) is 20.6.